The number of phenolic OH excluding ortho intramolecular Hbond substituents is 1. The first-order valence-corrected chi connectivity index (χ1v) is 10.4. The van der Waals surface area contributed by atoms with E-state index in [-0.39, 0.29) is 18.2 Å². The summed E-state index contributed by atoms with van der Waals surface area (Å²) in [4.78, 5) is 16.2. The zero-order valence-electron chi connectivity index (χ0n) is 16.0. The van der Waals surface area contributed by atoms with Gasteiger partial charge in [-0.05, 0) is 38.1 Å². The van der Waals surface area contributed by atoms with Gasteiger partial charge in [0, 0.05) is 40.0 Å². The molecule has 3 aromatic rings. The van der Waals surface area contributed by atoms with Crippen molar-refractivity contribution in [2.24, 2.45) is 0 Å². The molecule has 146 valence electrons. The Hall–Kier alpha value is -2.47. The quantitative estimate of drug-likeness (QED) is 0.659. The number of thioether (sulfide) groups is 1. The van der Waals surface area contributed by atoms with Crippen molar-refractivity contribution in [3.8, 4) is 17.0 Å². The Labute approximate surface area is 168 Å². The molecule has 28 heavy (non-hydrogen) atoms. The van der Waals surface area contributed by atoms with Gasteiger partial charge >= 0.3 is 0 Å². The second-order valence-electron chi connectivity index (χ2n) is 6.81. The SMILES string of the molecule is CCN(CC)C(=O)C1Sc2ccc(O)cc2-c2c1c1ccccc1n2CC[18F]. The number of aryl methyl sites for hydroxylation is 1. The summed E-state index contributed by atoms with van der Waals surface area (Å²) in [7, 11) is 0. The van der Waals surface area contributed by atoms with Gasteiger partial charge in [0.2, 0.25) is 5.91 Å². The van der Waals surface area contributed by atoms with E-state index >= 15 is 0 Å². The number of rotatable bonds is 5. The standard InChI is InChI=1S/C22H23FN2O2S/c1-3-24(4-2)22(27)21-19-15-7-5-6-8-17(15)25(12-11-23)20(19)16-13-14(26)9-10-18(16)28-21/h5-10,13,21,26H,3-4,11-12H2,1-2H3/i23-1. The molecule has 1 aliphatic heterocycles. The Kier molecular flexibility index (Phi) is 5.06. The van der Waals surface area contributed by atoms with Crippen LogP contribution in [0.2, 0.25) is 0 Å². The second-order valence-corrected chi connectivity index (χ2v) is 7.96. The highest BCUT2D eigenvalue weighted by atomic mass is 32.2. The van der Waals surface area contributed by atoms with Crippen molar-refractivity contribution >= 4 is 28.6 Å². The summed E-state index contributed by atoms with van der Waals surface area (Å²) in [5.74, 6) is 0.231. The second kappa shape index (κ2) is 7.51. The van der Waals surface area contributed by atoms with E-state index in [9.17, 15) is 14.3 Å². The van der Waals surface area contributed by atoms with E-state index in [1.807, 2.05) is 53.6 Å². The molecule has 1 N–H and O–H groups in total. The Balaban J connectivity index is 2.03. The number of phenols is 1. The van der Waals surface area contributed by atoms with Crippen LogP contribution in [-0.2, 0) is 11.3 Å². The summed E-state index contributed by atoms with van der Waals surface area (Å²) in [5, 5.41) is 10.7. The third-order valence-electron chi connectivity index (χ3n) is 5.34. The number of benzene rings is 2. The highest BCUT2D eigenvalue weighted by molar-refractivity contribution is 8.00. The summed E-state index contributed by atoms with van der Waals surface area (Å²) in [6, 6.07) is 13.0. The maximum Gasteiger partial charge on any atom is 0.240 e. The zero-order chi connectivity index (χ0) is 19.8. The number of para-hydroxylation sites is 1. The van der Waals surface area contributed by atoms with Gasteiger partial charge in [-0.25, -0.2) is 4.39 Å². The lowest BCUT2D eigenvalue weighted by Gasteiger charge is -2.30. The Bertz CT molecular complexity index is 1040. The first kappa shape index (κ1) is 18.9. The van der Waals surface area contributed by atoms with Crippen LogP contribution in [0.5, 0.6) is 5.75 Å². The van der Waals surface area contributed by atoms with Gasteiger partial charge in [0.25, 0.3) is 0 Å². The summed E-state index contributed by atoms with van der Waals surface area (Å²) in [6.45, 7) is 4.96. The molecule has 2 heterocycles. The number of alkyl halides is 1. The van der Waals surface area contributed by atoms with Crippen LogP contribution in [0.4, 0.5) is 4.39 Å². The highest BCUT2D eigenvalue weighted by Crippen LogP contribution is 2.53. The lowest BCUT2D eigenvalue weighted by molar-refractivity contribution is -0.130. The van der Waals surface area contributed by atoms with Gasteiger partial charge in [0.15, 0.2) is 0 Å². The van der Waals surface area contributed by atoms with Gasteiger partial charge in [0.1, 0.15) is 17.7 Å². The van der Waals surface area contributed by atoms with Crippen molar-refractivity contribution in [1.29, 1.82) is 0 Å². The molecule has 4 nitrogen and oxygen atoms in total. The Morgan fingerprint density at radius 2 is 1.96 bits per heavy atom. The van der Waals surface area contributed by atoms with Gasteiger partial charge < -0.3 is 14.6 Å². The van der Waals surface area contributed by atoms with Crippen LogP contribution in [0.25, 0.3) is 22.2 Å². The zero-order valence-corrected chi connectivity index (χ0v) is 16.8. The first-order valence-electron chi connectivity index (χ1n) is 9.56. The fourth-order valence-corrected chi connectivity index (χ4v) is 5.36. The number of carbonyl (C=O) groups is 1. The van der Waals surface area contributed by atoms with Gasteiger partial charge in [0.05, 0.1) is 12.2 Å². The van der Waals surface area contributed by atoms with Crippen molar-refractivity contribution in [2.45, 2.75) is 30.5 Å². The number of aromatic hydroxyl groups is 1. The number of nitrogens with zero attached hydrogens (tertiary/aromatic N) is 2. The third kappa shape index (κ3) is 2.87. The molecule has 6 heteroatoms. The minimum Gasteiger partial charge on any atom is -0.508 e. The molecule has 0 spiro atoms. The minimum absolute atomic E-state index is 0.0677. The van der Waals surface area contributed by atoms with Crippen LogP contribution in [0.3, 0.4) is 0 Å². The summed E-state index contributed by atoms with van der Waals surface area (Å²) in [6.07, 6.45) is 0. The van der Waals surface area contributed by atoms with Crippen LogP contribution in [-0.4, -0.2) is 40.2 Å². The van der Waals surface area contributed by atoms with Crippen LogP contribution >= 0.6 is 11.8 Å². The van der Waals surface area contributed by atoms with Crippen LogP contribution in [0.1, 0.15) is 24.7 Å². The summed E-state index contributed by atoms with van der Waals surface area (Å²) >= 11 is 1.51. The van der Waals surface area contributed by atoms with Crippen molar-refractivity contribution in [3.63, 3.8) is 0 Å². The smallest absolute Gasteiger partial charge is 0.240 e. The molecule has 1 unspecified atom stereocenters. The summed E-state index contributed by atoms with van der Waals surface area (Å²) < 4.78 is 15.4. The lowest BCUT2D eigenvalue weighted by atomic mass is 10.00. The highest BCUT2D eigenvalue weighted by Gasteiger charge is 2.37. The van der Waals surface area contributed by atoms with Crippen molar-refractivity contribution in [2.75, 3.05) is 19.8 Å². The monoisotopic (exact) mass is 397 g/mol. The summed E-state index contributed by atoms with van der Waals surface area (Å²) in [5.41, 5.74) is 3.53. The van der Waals surface area contributed by atoms with Crippen LogP contribution < -0.4 is 0 Å². The van der Waals surface area contributed by atoms with E-state index in [0.717, 1.165) is 32.6 Å². The topological polar surface area (TPSA) is 45.5 Å². The van der Waals surface area contributed by atoms with Gasteiger partial charge in [-0.3, -0.25) is 4.79 Å². The molecule has 1 aromatic heterocycles. The Morgan fingerprint density at radius 1 is 1.21 bits per heavy atom. The third-order valence-corrected chi connectivity index (χ3v) is 6.63. The molecule has 2 aromatic carbocycles. The predicted octanol–water partition coefficient (Wildman–Crippen LogP) is 5.00. The molecule has 0 fully saturated rings. The fourth-order valence-electron chi connectivity index (χ4n) is 4.07. The molecule has 0 bridgehead atoms. The predicted molar refractivity (Wildman–Crippen MR) is 112 cm³/mol. The minimum atomic E-state index is -0.499. The molecule has 1 atom stereocenters. The van der Waals surface area contributed by atoms with E-state index in [1.54, 1.807) is 12.1 Å². The maximum absolute atomic E-state index is 13.5. The lowest BCUT2D eigenvalue weighted by Crippen LogP contribution is -2.34. The molecule has 0 saturated carbocycles. The van der Waals surface area contributed by atoms with Crippen molar-refractivity contribution < 1.29 is 14.3 Å². The molecular formula is C22H23FN2O2S. The normalized spacial score (nSPS) is 15.3. The van der Waals surface area contributed by atoms with Crippen LogP contribution in [0, 0.1) is 0 Å². The molecule has 1 aliphatic rings. The number of fused-ring (bicyclic) bond motifs is 5. The number of likely N-dealkylation sites (N-methyl/N-ethyl adjacent to an activating group) is 1. The fraction of sp³-hybridized carbons (Fsp3) is 0.318. The number of aromatic nitrogens is 1. The molecule has 0 aliphatic carbocycles. The molecular weight excluding hydrogens is 374 g/mol. The van der Waals surface area contributed by atoms with Crippen LogP contribution in [0.15, 0.2) is 47.4 Å². The number of hydrogen-bond donors (Lipinski definition) is 1. The number of amides is 1. The van der Waals surface area contributed by atoms with Crippen molar-refractivity contribution in [1.82, 2.24) is 9.47 Å². The number of halogens is 1. The van der Waals surface area contributed by atoms with E-state index in [1.165, 1.54) is 11.8 Å². The largest absolute Gasteiger partial charge is 0.508 e. The first-order chi connectivity index (χ1) is 13.6. The van der Waals surface area contributed by atoms with Gasteiger partial charge in [-0.2, -0.15) is 0 Å². The average molecular weight is 398 g/mol. The van der Waals surface area contributed by atoms with E-state index in [4.69, 9.17) is 0 Å². The van der Waals surface area contributed by atoms with E-state index in [2.05, 4.69) is 0 Å². The molecule has 4 rings (SSSR count). The Morgan fingerprint density at radius 3 is 2.68 bits per heavy atom. The average Bonchev–Trinajstić information content (AvgIpc) is 3.04. The number of hydrogen-bond acceptors (Lipinski definition) is 3. The van der Waals surface area contributed by atoms with Gasteiger partial charge in [-0.1, -0.05) is 18.2 Å². The maximum atomic E-state index is 13.5. The molecule has 0 saturated heterocycles. The van der Waals surface area contributed by atoms with E-state index < -0.39 is 11.9 Å². The van der Waals surface area contributed by atoms with Gasteiger partial charge in [-0.15, -0.1) is 11.8 Å². The molecule has 1 amide bonds. The van der Waals surface area contributed by atoms with E-state index in [0.29, 0.717) is 13.1 Å². The number of carbonyl (C=O) groups excluding carboxylic acids is 1. The molecule has 0 radical (unpaired) electrons. The van der Waals surface area contributed by atoms with Crippen molar-refractivity contribution in [3.05, 3.63) is 48.0 Å².